The minimum Gasteiger partial charge on any atom is -0.483 e. The van der Waals surface area contributed by atoms with Crippen molar-refractivity contribution in [3.05, 3.63) is 65.7 Å². The van der Waals surface area contributed by atoms with Gasteiger partial charge in [0.05, 0.1) is 0 Å². The molecule has 0 saturated heterocycles. The number of hydrogen-bond donors (Lipinski definition) is 2. The third-order valence-corrected chi connectivity index (χ3v) is 4.06. The average molecular weight is 354 g/mol. The van der Waals surface area contributed by atoms with Crippen LogP contribution in [-0.2, 0) is 16.0 Å². The zero-order chi connectivity index (χ0) is 18.8. The first-order chi connectivity index (χ1) is 12.6. The molecule has 0 heterocycles. The maximum atomic E-state index is 11.9. The van der Waals surface area contributed by atoms with Crippen LogP contribution >= 0.6 is 0 Å². The molecule has 0 bridgehead atoms. The summed E-state index contributed by atoms with van der Waals surface area (Å²) in [6, 6.07) is 17.7. The SMILES string of the molecule is CCCC(C)C(=O)NNC(=O)COc1ccccc1Cc1ccccc1. The van der Waals surface area contributed by atoms with E-state index in [1.807, 2.05) is 56.3 Å². The summed E-state index contributed by atoms with van der Waals surface area (Å²) in [5.41, 5.74) is 7.01. The van der Waals surface area contributed by atoms with Crippen molar-refractivity contribution < 1.29 is 14.3 Å². The van der Waals surface area contributed by atoms with Crippen LogP contribution in [0, 0.1) is 5.92 Å². The van der Waals surface area contributed by atoms with E-state index in [4.69, 9.17) is 4.74 Å². The van der Waals surface area contributed by atoms with E-state index >= 15 is 0 Å². The van der Waals surface area contributed by atoms with Gasteiger partial charge in [0.25, 0.3) is 5.91 Å². The molecule has 138 valence electrons. The van der Waals surface area contributed by atoms with E-state index in [1.165, 1.54) is 5.56 Å². The maximum Gasteiger partial charge on any atom is 0.276 e. The summed E-state index contributed by atoms with van der Waals surface area (Å²) in [4.78, 5) is 23.7. The van der Waals surface area contributed by atoms with Crippen LogP contribution in [0.15, 0.2) is 54.6 Å². The number of amides is 2. The van der Waals surface area contributed by atoms with Crippen LogP contribution in [0.3, 0.4) is 0 Å². The van der Waals surface area contributed by atoms with Gasteiger partial charge >= 0.3 is 0 Å². The molecule has 1 atom stereocenters. The van der Waals surface area contributed by atoms with E-state index in [2.05, 4.69) is 23.0 Å². The number of hydrazine groups is 1. The first kappa shape index (κ1) is 19.5. The predicted octanol–water partition coefficient (Wildman–Crippen LogP) is 3.24. The zero-order valence-electron chi connectivity index (χ0n) is 15.3. The van der Waals surface area contributed by atoms with Gasteiger partial charge in [-0.15, -0.1) is 0 Å². The van der Waals surface area contributed by atoms with Crippen molar-refractivity contribution in [1.29, 1.82) is 0 Å². The zero-order valence-corrected chi connectivity index (χ0v) is 15.3. The van der Waals surface area contributed by atoms with Crippen LogP contribution < -0.4 is 15.6 Å². The Morgan fingerprint density at radius 2 is 1.69 bits per heavy atom. The lowest BCUT2D eigenvalue weighted by molar-refractivity contribution is -0.131. The van der Waals surface area contributed by atoms with Gasteiger partial charge in [0.1, 0.15) is 5.75 Å². The first-order valence-electron chi connectivity index (χ1n) is 8.93. The van der Waals surface area contributed by atoms with Crippen molar-refractivity contribution in [1.82, 2.24) is 10.9 Å². The van der Waals surface area contributed by atoms with E-state index in [-0.39, 0.29) is 18.4 Å². The van der Waals surface area contributed by atoms with Crippen molar-refractivity contribution in [2.24, 2.45) is 5.92 Å². The average Bonchev–Trinajstić information content (AvgIpc) is 2.66. The van der Waals surface area contributed by atoms with Crippen LogP contribution in [0.2, 0.25) is 0 Å². The number of ether oxygens (including phenoxy) is 1. The molecule has 0 aliphatic heterocycles. The highest BCUT2D eigenvalue weighted by Crippen LogP contribution is 2.21. The molecule has 0 spiro atoms. The lowest BCUT2D eigenvalue weighted by Gasteiger charge is -2.14. The van der Waals surface area contributed by atoms with Crippen LogP contribution in [0.25, 0.3) is 0 Å². The standard InChI is InChI=1S/C21H26N2O3/c1-3-9-16(2)21(25)23-22-20(24)15-26-19-13-8-7-12-18(19)14-17-10-5-4-6-11-17/h4-8,10-13,16H,3,9,14-15H2,1-2H3,(H,22,24)(H,23,25). The van der Waals surface area contributed by atoms with E-state index in [1.54, 1.807) is 0 Å². The molecule has 5 nitrogen and oxygen atoms in total. The molecule has 0 fully saturated rings. The molecule has 26 heavy (non-hydrogen) atoms. The molecule has 0 saturated carbocycles. The number of hydrogen-bond acceptors (Lipinski definition) is 3. The Hall–Kier alpha value is -2.82. The molecule has 0 aromatic heterocycles. The van der Waals surface area contributed by atoms with Crippen molar-refractivity contribution in [2.75, 3.05) is 6.61 Å². The molecule has 0 aliphatic carbocycles. The quantitative estimate of drug-likeness (QED) is 0.715. The molecule has 1 unspecified atom stereocenters. The highest BCUT2D eigenvalue weighted by molar-refractivity contribution is 5.83. The van der Waals surface area contributed by atoms with Crippen LogP contribution in [0.5, 0.6) is 5.75 Å². The lowest BCUT2D eigenvalue weighted by atomic mass is 10.0. The maximum absolute atomic E-state index is 11.9. The Balaban J connectivity index is 1.85. The minimum atomic E-state index is -0.392. The monoisotopic (exact) mass is 354 g/mol. The number of para-hydroxylation sites is 1. The molecule has 0 aliphatic rings. The van der Waals surface area contributed by atoms with E-state index in [0.29, 0.717) is 5.75 Å². The fourth-order valence-corrected chi connectivity index (χ4v) is 2.60. The number of carbonyl (C=O) groups excluding carboxylic acids is 2. The molecular weight excluding hydrogens is 328 g/mol. The molecule has 2 N–H and O–H groups in total. The molecular formula is C21H26N2O3. The van der Waals surface area contributed by atoms with Gasteiger partial charge in [-0.25, -0.2) is 0 Å². The third-order valence-electron chi connectivity index (χ3n) is 4.06. The van der Waals surface area contributed by atoms with E-state index in [0.717, 1.165) is 24.8 Å². The summed E-state index contributed by atoms with van der Waals surface area (Å²) in [5.74, 6) is -0.0498. The van der Waals surface area contributed by atoms with Crippen molar-refractivity contribution in [2.45, 2.75) is 33.1 Å². The molecule has 2 aromatic carbocycles. The van der Waals surface area contributed by atoms with Crippen molar-refractivity contribution >= 4 is 11.8 Å². The van der Waals surface area contributed by atoms with E-state index in [9.17, 15) is 9.59 Å². The molecule has 5 heteroatoms. The summed E-state index contributed by atoms with van der Waals surface area (Å²) >= 11 is 0. The summed E-state index contributed by atoms with van der Waals surface area (Å²) < 4.78 is 5.65. The van der Waals surface area contributed by atoms with Crippen LogP contribution in [0.4, 0.5) is 0 Å². The Morgan fingerprint density at radius 3 is 2.42 bits per heavy atom. The van der Waals surface area contributed by atoms with Gasteiger partial charge in [-0.1, -0.05) is 68.8 Å². The number of nitrogens with one attached hydrogen (secondary N) is 2. The molecule has 2 amide bonds. The fourth-order valence-electron chi connectivity index (χ4n) is 2.60. The topological polar surface area (TPSA) is 67.4 Å². The van der Waals surface area contributed by atoms with Crippen molar-refractivity contribution in [3.8, 4) is 5.75 Å². The summed E-state index contributed by atoms with van der Waals surface area (Å²) in [6.45, 7) is 3.69. The summed E-state index contributed by atoms with van der Waals surface area (Å²) in [7, 11) is 0. The van der Waals surface area contributed by atoms with Crippen LogP contribution in [-0.4, -0.2) is 18.4 Å². The van der Waals surface area contributed by atoms with Gasteiger partial charge in [0, 0.05) is 12.3 Å². The highest BCUT2D eigenvalue weighted by Gasteiger charge is 2.13. The van der Waals surface area contributed by atoms with E-state index < -0.39 is 5.91 Å². The Morgan fingerprint density at radius 1 is 1.00 bits per heavy atom. The minimum absolute atomic E-state index is 0.132. The Kier molecular flexibility index (Phi) is 7.68. The molecule has 0 radical (unpaired) electrons. The van der Waals surface area contributed by atoms with Gasteiger partial charge < -0.3 is 4.74 Å². The largest absolute Gasteiger partial charge is 0.483 e. The number of benzene rings is 2. The Labute approximate surface area is 154 Å². The second kappa shape index (κ2) is 10.2. The second-order valence-corrected chi connectivity index (χ2v) is 6.29. The predicted molar refractivity (Wildman–Crippen MR) is 102 cm³/mol. The normalized spacial score (nSPS) is 11.5. The van der Waals surface area contributed by atoms with Gasteiger partial charge in [0.2, 0.25) is 5.91 Å². The molecule has 2 aromatic rings. The molecule has 2 rings (SSSR count). The Bertz CT molecular complexity index is 716. The third kappa shape index (κ3) is 6.24. The highest BCUT2D eigenvalue weighted by atomic mass is 16.5. The van der Waals surface area contributed by atoms with Crippen molar-refractivity contribution in [3.63, 3.8) is 0 Å². The van der Waals surface area contributed by atoms with Gasteiger partial charge in [0.15, 0.2) is 6.61 Å². The summed E-state index contributed by atoms with van der Waals surface area (Å²) in [5, 5.41) is 0. The second-order valence-electron chi connectivity index (χ2n) is 6.29. The summed E-state index contributed by atoms with van der Waals surface area (Å²) in [6.07, 6.45) is 2.43. The fraction of sp³-hybridized carbons (Fsp3) is 0.333. The van der Waals surface area contributed by atoms with Crippen LogP contribution in [0.1, 0.15) is 37.8 Å². The van der Waals surface area contributed by atoms with Gasteiger partial charge in [-0.3, -0.25) is 20.4 Å². The number of carbonyl (C=O) groups is 2. The first-order valence-corrected chi connectivity index (χ1v) is 8.93. The smallest absolute Gasteiger partial charge is 0.276 e. The van der Waals surface area contributed by atoms with Gasteiger partial charge in [-0.2, -0.15) is 0 Å². The number of rotatable bonds is 8. The van der Waals surface area contributed by atoms with Gasteiger partial charge in [-0.05, 0) is 23.6 Å². The lowest BCUT2D eigenvalue weighted by Crippen LogP contribution is -2.45.